The topological polar surface area (TPSA) is 49.8 Å². The van der Waals surface area contributed by atoms with Gasteiger partial charge >= 0.3 is 6.18 Å². The van der Waals surface area contributed by atoms with Gasteiger partial charge in [0.05, 0.1) is 17.2 Å². The zero-order valence-electron chi connectivity index (χ0n) is 9.70. The van der Waals surface area contributed by atoms with Gasteiger partial charge in [0.15, 0.2) is 0 Å². The molecule has 96 valence electrons. The van der Waals surface area contributed by atoms with Crippen LogP contribution in [0.25, 0.3) is 11.1 Å². The lowest BCUT2D eigenvalue weighted by Gasteiger charge is -2.13. The van der Waals surface area contributed by atoms with Crippen molar-refractivity contribution in [3.05, 3.63) is 53.6 Å². The van der Waals surface area contributed by atoms with Gasteiger partial charge < -0.3 is 5.73 Å². The Hall–Kier alpha value is -2.48. The zero-order chi connectivity index (χ0) is 14.0. The summed E-state index contributed by atoms with van der Waals surface area (Å²) < 4.78 is 38.9. The van der Waals surface area contributed by atoms with Gasteiger partial charge in [-0.05, 0) is 35.4 Å². The number of hydrogen-bond acceptors (Lipinski definition) is 2. The fourth-order valence-corrected chi connectivity index (χ4v) is 1.77. The molecule has 2 aromatic carbocycles. The molecule has 0 saturated carbocycles. The van der Waals surface area contributed by atoms with Crippen molar-refractivity contribution in [2.24, 2.45) is 0 Å². The van der Waals surface area contributed by atoms with Gasteiger partial charge in [0, 0.05) is 5.69 Å². The van der Waals surface area contributed by atoms with Gasteiger partial charge in [-0.15, -0.1) is 0 Å². The third kappa shape index (κ3) is 2.68. The summed E-state index contributed by atoms with van der Waals surface area (Å²) in [5, 5.41) is 8.67. The molecule has 0 aliphatic rings. The first-order valence-corrected chi connectivity index (χ1v) is 5.39. The van der Waals surface area contributed by atoms with Crippen molar-refractivity contribution in [2.45, 2.75) is 6.18 Å². The first kappa shape index (κ1) is 13.0. The molecule has 0 aliphatic heterocycles. The highest BCUT2D eigenvalue weighted by Crippen LogP contribution is 2.38. The number of nitrogens with zero attached hydrogens (tertiary/aromatic N) is 1. The zero-order valence-corrected chi connectivity index (χ0v) is 9.70. The normalized spacial score (nSPS) is 11.1. The minimum atomic E-state index is -4.47. The van der Waals surface area contributed by atoms with Gasteiger partial charge in [-0.3, -0.25) is 0 Å². The largest absolute Gasteiger partial charge is 0.417 e. The van der Waals surface area contributed by atoms with Gasteiger partial charge in [0.2, 0.25) is 0 Å². The molecule has 2 rings (SSSR count). The fraction of sp³-hybridized carbons (Fsp3) is 0.0714. The van der Waals surface area contributed by atoms with Crippen molar-refractivity contribution in [3.8, 4) is 17.2 Å². The Kier molecular flexibility index (Phi) is 3.17. The van der Waals surface area contributed by atoms with E-state index in [2.05, 4.69) is 0 Å². The summed E-state index contributed by atoms with van der Waals surface area (Å²) in [6, 6.07) is 11.5. The van der Waals surface area contributed by atoms with E-state index < -0.39 is 11.7 Å². The Balaban J connectivity index is 2.58. The Morgan fingerprint density at radius 1 is 1.00 bits per heavy atom. The van der Waals surface area contributed by atoms with Crippen molar-refractivity contribution in [3.63, 3.8) is 0 Å². The monoisotopic (exact) mass is 262 g/mol. The lowest BCUT2D eigenvalue weighted by molar-refractivity contribution is -0.137. The molecule has 0 atom stereocenters. The first-order chi connectivity index (χ1) is 8.91. The average molecular weight is 262 g/mol. The smallest absolute Gasteiger partial charge is 0.399 e. The highest BCUT2D eigenvalue weighted by molar-refractivity contribution is 5.71. The Morgan fingerprint density at radius 3 is 2.16 bits per heavy atom. The Morgan fingerprint density at radius 2 is 1.63 bits per heavy atom. The minimum absolute atomic E-state index is 0.0474. The van der Waals surface area contributed by atoms with Crippen LogP contribution < -0.4 is 5.73 Å². The molecule has 0 aliphatic carbocycles. The van der Waals surface area contributed by atoms with Crippen molar-refractivity contribution in [2.75, 3.05) is 5.73 Å². The molecule has 0 aromatic heterocycles. The average Bonchev–Trinajstić information content (AvgIpc) is 2.38. The molecule has 0 unspecified atom stereocenters. The lowest BCUT2D eigenvalue weighted by Crippen LogP contribution is -2.08. The number of anilines is 1. The number of hydrogen-bond donors (Lipinski definition) is 1. The summed E-state index contributed by atoms with van der Waals surface area (Å²) in [5.74, 6) is 0. The van der Waals surface area contributed by atoms with Crippen LogP contribution in [0.5, 0.6) is 0 Å². The summed E-state index contributed by atoms with van der Waals surface area (Å²) in [4.78, 5) is 0. The summed E-state index contributed by atoms with van der Waals surface area (Å²) in [5.41, 5.74) is 5.52. The number of alkyl halides is 3. The van der Waals surface area contributed by atoms with Crippen molar-refractivity contribution in [1.82, 2.24) is 0 Å². The molecular weight excluding hydrogens is 253 g/mol. The van der Waals surface area contributed by atoms with E-state index in [0.29, 0.717) is 11.1 Å². The molecule has 0 amide bonds. The van der Waals surface area contributed by atoms with Crippen LogP contribution in [-0.2, 0) is 6.18 Å². The van der Waals surface area contributed by atoms with Crippen molar-refractivity contribution >= 4 is 5.69 Å². The van der Waals surface area contributed by atoms with Gasteiger partial charge in [-0.2, -0.15) is 18.4 Å². The quantitative estimate of drug-likeness (QED) is 0.794. The molecule has 19 heavy (non-hydrogen) atoms. The van der Waals surface area contributed by atoms with E-state index in [9.17, 15) is 13.2 Å². The van der Waals surface area contributed by atoms with Crippen LogP contribution in [-0.4, -0.2) is 0 Å². The molecule has 0 fully saturated rings. The van der Waals surface area contributed by atoms with Crippen LogP contribution in [0.3, 0.4) is 0 Å². The summed E-state index contributed by atoms with van der Waals surface area (Å²) >= 11 is 0. The van der Waals surface area contributed by atoms with E-state index in [1.807, 2.05) is 6.07 Å². The number of nitrogen functional groups attached to an aromatic ring is 1. The predicted molar refractivity (Wildman–Crippen MR) is 66.0 cm³/mol. The first-order valence-electron chi connectivity index (χ1n) is 5.39. The highest BCUT2D eigenvalue weighted by Gasteiger charge is 2.33. The molecule has 0 spiro atoms. The van der Waals surface area contributed by atoms with Gasteiger partial charge in [0.25, 0.3) is 0 Å². The van der Waals surface area contributed by atoms with E-state index in [0.717, 1.165) is 6.07 Å². The number of nitrogens with two attached hydrogens (primary N) is 1. The third-order valence-electron chi connectivity index (χ3n) is 2.67. The molecular formula is C14H9F3N2. The van der Waals surface area contributed by atoms with Gasteiger partial charge in [-0.25, -0.2) is 0 Å². The van der Waals surface area contributed by atoms with E-state index in [1.165, 1.54) is 36.4 Å². The van der Waals surface area contributed by atoms with Crippen LogP contribution in [0.2, 0.25) is 0 Å². The molecule has 0 heterocycles. The molecule has 0 bridgehead atoms. The number of halogens is 3. The van der Waals surface area contributed by atoms with E-state index >= 15 is 0 Å². The van der Waals surface area contributed by atoms with E-state index in [1.54, 1.807) is 0 Å². The Bertz CT molecular complexity index is 637. The molecule has 2 N–H and O–H groups in total. The Labute approximate surface area is 107 Å². The van der Waals surface area contributed by atoms with Gasteiger partial charge in [0.1, 0.15) is 0 Å². The SMILES string of the molecule is N#Cc1ccc(-c2ccc(N)cc2C(F)(F)F)cc1. The summed E-state index contributed by atoms with van der Waals surface area (Å²) in [6.45, 7) is 0. The molecule has 2 aromatic rings. The molecule has 2 nitrogen and oxygen atoms in total. The van der Waals surface area contributed by atoms with Crippen molar-refractivity contribution in [1.29, 1.82) is 5.26 Å². The van der Waals surface area contributed by atoms with Crippen LogP contribution >= 0.6 is 0 Å². The standard InChI is InChI=1S/C14H9F3N2/c15-14(16,17)13-7-11(19)5-6-12(13)10-3-1-9(8-18)2-4-10/h1-7H,19H2. The number of benzene rings is 2. The lowest BCUT2D eigenvalue weighted by atomic mass is 9.98. The number of nitriles is 1. The van der Waals surface area contributed by atoms with Crippen molar-refractivity contribution < 1.29 is 13.2 Å². The molecule has 0 saturated heterocycles. The number of rotatable bonds is 1. The van der Waals surface area contributed by atoms with E-state index in [-0.39, 0.29) is 11.3 Å². The highest BCUT2D eigenvalue weighted by atomic mass is 19.4. The third-order valence-corrected chi connectivity index (χ3v) is 2.67. The van der Waals surface area contributed by atoms with Crippen LogP contribution in [0, 0.1) is 11.3 Å². The summed E-state index contributed by atoms with van der Waals surface area (Å²) in [6.07, 6.45) is -4.47. The second-order valence-corrected chi connectivity index (χ2v) is 3.99. The fourth-order valence-electron chi connectivity index (χ4n) is 1.77. The maximum Gasteiger partial charge on any atom is 0.417 e. The summed E-state index contributed by atoms with van der Waals surface area (Å²) in [7, 11) is 0. The minimum Gasteiger partial charge on any atom is -0.399 e. The second-order valence-electron chi connectivity index (χ2n) is 3.99. The van der Waals surface area contributed by atoms with Crippen LogP contribution in [0.4, 0.5) is 18.9 Å². The maximum absolute atomic E-state index is 13.0. The molecule has 0 radical (unpaired) electrons. The van der Waals surface area contributed by atoms with E-state index in [4.69, 9.17) is 11.0 Å². The van der Waals surface area contributed by atoms with Crippen LogP contribution in [0.15, 0.2) is 42.5 Å². The predicted octanol–water partition coefficient (Wildman–Crippen LogP) is 3.83. The molecule has 5 heteroatoms. The maximum atomic E-state index is 13.0. The van der Waals surface area contributed by atoms with Crippen LogP contribution in [0.1, 0.15) is 11.1 Å². The second kappa shape index (κ2) is 4.65. The van der Waals surface area contributed by atoms with Gasteiger partial charge in [-0.1, -0.05) is 18.2 Å².